The first-order valence-corrected chi connectivity index (χ1v) is 8.40. The van der Waals surface area contributed by atoms with Gasteiger partial charge in [0, 0.05) is 28.2 Å². The molecule has 1 aliphatic rings. The molecular weight excluding hydrogens is 340 g/mol. The predicted molar refractivity (Wildman–Crippen MR) is 96.6 cm³/mol. The van der Waals surface area contributed by atoms with Crippen LogP contribution in [0.4, 0.5) is 4.79 Å². The molecule has 5 nitrogen and oxygen atoms in total. The minimum absolute atomic E-state index is 0.377. The van der Waals surface area contributed by atoms with E-state index in [1.165, 1.54) is 4.90 Å². The maximum atomic E-state index is 11.8. The minimum atomic E-state index is -0.928. The molecule has 0 bridgehead atoms. The van der Waals surface area contributed by atoms with Crippen LogP contribution >= 0.6 is 11.6 Å². The number of ether oxygens (including phenoxy) is 1. The van der Waals surface area contributed by atoms with E-state index in [0.717, 1.165) is 33.5 Å². The summed E-state index contributed by atoms with van der Waals surface area (Å²) in [6.07, 6.45) is -0.266. The third kappa shape index (κ3) is 2.61. The van der Waals surface area contributed by atoms with Crippen LogP contribution in [-0.2, 0) is 6.42 Å². The zero-order valence-electron chi connectivity index (χ0n) is 13.6. The lowest BCUT2D eigenvalue weighted by atomic mass is 9.92. The molecule has 0 radical (unpaired) electrons. The van der Waals surface area contributed by atoms with Crippen molar-refractivity contribution in [3.8, 4) is 5.75 Å². The number of amides is 1. The van der Waals surface area contributed by atoms with Crippen LogP contribution in [0.15, 0.2) is 42.5 Å². The molecule has 128 valence electrons. The largest absolute Gasteiger partial charge is 0.497 e. The van der Waals surface area contributed by atoms with Crippen LogP contribution in [-0.4, -0.2) is 34.7 Å². The average Bonchev–Trinajstić information content (AvgIpc) is 2.98. The first-order chi connectivity index (χ1) is 12.1. The summed E-state index contributed by atoms with van der Waals surface area (Å²) in [4.78, 5) is 16.7. The van der Waals surface area contributed by atoms with Crippen molar-refractivity contribution in [3.63, 3.8) is 0 Å². The Morgan fingerprint density at radius 3 is 2.72 bits per heavy atom. The molecule has 0 saturated carbocycles. The predicted octanol–water partition coefficient (Wildman–Crippen LogP) is 4.46. The van der Waals surface area contributed by atoms with Crippen molar-refractivity contribution in [2.45, 2.75) is 12.5 Å². The number of rotatable bonds is 2. The van der Waals surface area contributed by atoms with E-state index in [1.807, 2.05) is 42.5 Å². The number of carboxylic acid groups (broad SMARTS) is 1. The number of hydrogen-bond donors (Lipinski definition) is 2. The molecule has 4 rings (SSSR count). The van der Waals surface area contributed by atoms with Crippen molar-refractivity contribution >= 4 is 28.6 Å². The highest BCUT2D eigenvalue weighted by molar-refractivity contribution is 6.31. The monoisotopic (exact) mass is 356 g/mol. The normalized spacial score (nSPS) is 16.7. The van der Waals surface area contributed by atoms with Crippen LogP contribution < -0.4 is 4.74 Å². The summed E-state index contributed by atoms with van der Waals surface area (Å²) < 4.78 is 5.21. The van der Waals surface area contributed by atoms with Crippen LogP contribution in [0.25, 0.3) is 10.9 Å². The van der Waals surface area contributed by atoms with Crippen molar-refractivity contribution in [1.82, 2.24) is 9.88 Å². The summed E-state index contributed by atoms with van der Waals surface area (Å²) in [5.74, 6) is 0.741. The van der Waals surface area contributed by atoms with Gasteiger partial charge in [0.15, 0.2) is 0 Å². The Labute approximate surface area is 149 Å². The fourth-order valence-corrected chi connectivity index (χ4v) is 3.77. The lowest BCUT2D eigenvalue weighted by molar-refractivity contribution is 0.128. The number of halogens is 1. The number of benzene rings is 2. The van der Waals surface area contributed by atoms with E-state index in [1.54, 1.807) is 7.11 Å². The van der Waals surface area contributed by atoms with Crippen molar-refractivity contribution in [3.05, 3.63) is 64.3 Å². The quantitative estimate of drug-likeness (QED) is 0.712. The molecule has 0 fully saturated rings. The number of aromatic amines is 1. The Bertz CT molecular complexity index is 949. The van der Waals surface area contributed by atoms with E-state index in [2.05, 4.69) is 4.98 Å². The van der Waals surface area contributed by atoms with Gasteiger partial charge in [0.2, 0.25) is 0 Å². The van der Waals surface area contributed by atoms with Gasteiger partial charge in [-0.1, -0.05) is 23.7 Å². The zero-order valence-corrected chi connectivity index (χ0v) is 14.4. The fourth-order valence-electron chi connectivity index (χ4n) is 3.60. The maximum absolute atomic E-state index is 11.8. The molecule has 0 saturated heterocycles. The van der Waals surface area contributed by atoms with E-state index in [9.17, 15) is 9.90 Å². The Morgan fingerprint density at radius 1 is 1.28 bits per heavy atom. The average molecular weight is 357 g/mol. The van der Waals surface area contributed by atoms with E-state index in [0.29, 0.717) is 18.0 Å². The number of fused-ring (bicyclic) bond motifs is 3. The van der Waals surface area contributed by atoms with E-state index in [4.69, 9.17) is 16.3 Å². The van der Waals surface area contributed by atoms with Gasteiger partial charge in [-0.3, -0.25) is 4.90 Å². The van der Waals surface area contributed by atoms with Crippen molar-refractivity contribution in [2.24, 2.45) is 0 Å². The number of hydrogen-bond acceptors (Lipinski definition) is 2. The molecule has 2 heterocycles. The van der Waals surface area contributed by atoms with Gasteiger partial charge in [0.1, 0.15) is 11.8 Å². The molecule has 0 unspecified atom stereocenters. The van der Waals surface area contributed by atoms with Gasteiger partial charge in [-0.25, -0.2) is 4.79 Å². The smallest absolute Gasteiger partial charge is 0.408 e. The summed E-state index contributed by atoms with van der Waals surface area (Å²) >= 11 is 6.15. The second-order valence-corrected chi connectivity index (χ2v) is 6.55. The summed E-state index contributed by atoms with van der Waals surface area (Å²) in [5.41, 5.74) is 3.92. The van der Waals surface area contributed by atoms with Crippen molar-refractivity contribution < 1.29 is 14.6 Å². The molecule has 1 aromatic heterocycles. The molecule has 0 spiro atoms. The molecule has 6 heteroatoms. The summed E-state index contributed by atoms with van der Waals surface area (Å²) in [6.45, 7) is 0.443. The lowest BCUT2D eigenvalue weighted by Crippen LogP contribution is -2.39. The Kier molecular flexibility index (Phi) is 3.81. The highest BCUT2D eigenvalue weighted by Gasteiger charge is 2.34. The van der Waals surface area contributed by atoms with Crippen molar-refractivity contribution in [2.75, 3.05) is 13.7 Å². The van der Waals surface area contributed by atoms with Gasteiger partial charge < -0.3 is 14.8 Å². The summed E-state index contributed by atoms with van der Waals surface area (Å²) in [5, 5.41) is 11.4. The SMILES string of the molecule is COc1ccc([C@@H]2c3[nH]c4ccc(Cl)cc4c3CCN2C(=O)O)cc1. The number of nitrogens with zero attached hydrogens (tertiary/aromatic N) is 1. The van der Waals surface area contributed by atoms with Gasteiger partial charge >= 0.3 is 6.09 Å². The fraction of sp³-hybridized carbons (Fsp3) is 0.211. The summed E-state index contributed by atoms with van der Waals surface area (Å²) in [7, 11) is 1.61. The second kappa shape index (κ2) is 6.01. The number of H-pyrrole nitrogens is 1. The topological polar surface area (TPSA) is 65.6 Å². The summed E-state index contributed by atoms with van der Waals surface area (Å²) in [6, 6.07) is 12.9. The van der Waals surface area contributed by atoms with Gasteiger partial charge in [-0.15, -0.1) is 0 Å². The first kappa shape index (κ1) is 15.8. The first-order valence-electron chi connectivity index (χ1n) is 8.02. The minimum Gasteiger partial charge on any atom is -0.497 e. The highest BCUT2D eigenvalue weighted by Crippen LogP contribution is 2.39. The van der Waals surface area contributed by atoms with E-state index >= 15 is 0 Å². The third-order valence-corrected chi connectivity index (χ3v) is 5.00. The second-order valence-electron chi connectivity index (χ2n) is 6.11. The zero-order chi connectivity index (χ0) is 17.6. The number of aromatic nitrogens is 1. The van der Waals surface area contributed by atoms with E-state index < -0.39 is 6.09 Å². The molecule has 1 amide bonds. The highest BCUT2D eigenvalue weighted by atomic mass is 35.5. The molecule has 1 atom stereocenters. The van der Waals surface area contributed by atoms with Gasteiger partial charge in [0.05, 0.1) is 7.11 Å². The third-order valence-electron chi connectivity index (χ3n) is 4.77. The Hall–Kier alpha value is -2.66. The lowest BCUT2D eigenvalue weighted by Gasteiger charge is -2.34. The number of nitrogens with one attached hydrogen (secondary N) is 1. The van der Waals surface area contributed by atoms with Crippen LogP contribution in [0.1, 0.15) is 22.9 Å². The van der Waals surface area contributed by atoms with E-state index in [-0.39, 0.29) is 6.04 Å². The van der Waals surface area contributed by atoms with Gasteiger partial charge in [-0.2, -0.15) is 0 Å². The molecular formula is C19H17ClN2O3. The molecule has 2 N–H and O–H groups in total. The van der Waals surface area contributed by atoms with Crippen LogP contribution in [0.2, 0.25) is 5.02 Å². The van der Waals surface area contributed by atoms with Gasteiger partial charge in [-0.05, 0) is 47.9 Å². The number of methoxy groups -OCH3 is 1. The van der Waals surface area contributed by atoms with Crippen LogP contribution in [0, 0.1) is 0 Å². The molecule has 25 heavy (non-hydrogen) atoms. The molecule has 3 aromatic rings. The molecule has 1 aliphatic heterocycles. The molecule has 2 aromatic carbocycles. The van der Waals surface area contributed by atoms with Gasteiger partial charge in [0.25, 0.3) is 0 Å². The standard InChI is InChI=1S/C19H17ClN2O3/c1-25-13-5-2-11(3-6-13)18-17-14(8-9-22(18)19(23)24)15-10-12(20)4-7-16(15)21-17/h2-7,10,18,21H,8-9H2,1H3,(H,23,24)/t18-/m1/s1. The Morgan fingerprint density at radius 2 is 2.04 bits per heavy atom. The maximum Gasteiger partial charge on any atom is 0.408 e. The Balaban J connectivity index is 1.89. The van der Waals surface area contributed by atoms with Crippen molar-refractivity contribution in [1.29, 1.82) is 0 Å². The van der Waals surface area contributed by atoms with Crippen LogP contribution in [0.3, 0.4) is 0 Å². The number of carbonyl (C=O) groups is 1. The van der Waals surface area contributed by atoms with Crippen LogP contribution in [0.5, 0.6) is 5.75 Å². The molecule has 0 aliphatic carbocycles.